The molecular weight excluding hydrogens is 257 g/mol. The highest BCUT2D eigenvalue weighted by Gasteiger charge is 2.10. The number of rotatable bonds is 5. The molecule has 5 heteroatoms. The molecule has 0 aliphatic carbocycles. The van der Waals surface area contributed by atoms with Crippen molar-refractivity contribution < 1.29 is 9.13 Å². The van der Waals surface area contributed by atoms with E-state index in [1.165, 1.54) is 6.07 Å². The van der Waals surface area contributed by atoms with Crippen LogP contribution in [0.5, 0.6) is 5.75 Å². The molecule has 1 aromatic carbocycles. The van der Waals surface area contributed by atoms with Gasteiger partial charge in [-0.3, -0.25) is 0 Å². The highest BCUT2D eigenvalue weighted by molar-refractivity contribution is 5.30. The molecule has 1 atom stereocenters. The summed E-state index contributed by atoms with van der Waals surface area (Å²) in [5, 5.41) is 0. The van der Waals surface area contributed by atoms with Gasteiger partial charge in [-0.1, -0.05) is 6.07 Å². The first-order valence-electron chi connectivity index (χ1n) is 6.67. The zero-order chi connectivity index (χ0) is 14.7. The zero-order valence-electron chi connectivity index (χ0n) is 12.0. The van der Waals surface area contributed by atoms with E-state index in [0.29, 0.717) is 24.0 Å². The molecule has 0 amide bonds. The second kappa shape index (κ2) is 6.05. The Morgan fingerprint density at radius 3 is 2.70 bits per heavy atom. The Labute approximate surface area is 118 Å². The summed E-state index contributed by atoms with van der Waals surface area (Å²) in [7, 11) is 0. The van der Waals surface area contributed by atoms with Crippen LogP contribution in [0.25, 0.3) is 0 Å². The highest BCUT2D eigenvalue weighted by Crippen LogP contribution is 2.21. The van der Waals surface area contributed by atoms with Gasteiger partial charge in [0, 0.05) is 23.7 Å². The minimum Gasteiger partial charge on any atom is -0.487 e. The Morgan fingerprint density at radius 1 is 1.35 bits per heavy atom. The van der Waals surface area contributed by atoms with E-state index in [-0.39, 0.29) is 11.9 Å². The van der Waals surface area contributed by atoms with E-state index in [1.54, 1.807) is 31.6 Å². The fourth-order valence-electron chi connectivity index (χ4n) is 2.03. The van der Waals surface area contributed by atoms with Crippen LogP contribution in [0.3, 0.4) is 0 Å². The van der Waals surface area contributed by atoms with Crippen molar-refractivity contribution in [1.29, 1.82) is 0 Å². The summed E-state index contributed by atoms with van der Waals surface area (Å²) in [5.74, 6) is 0.151. The van der Waals surface area contributed by atoms with Crippen molar-refractivity contribution in [2.24, 2.45) is 5.73 Å². The van der Waals surface area contributed by atoms with Gasteiger partial charge in [0.25, 0.3) is 0 Å². The molecule has 4 nitrogen and oxygen atoms in total. The van der Waals surface area contributed by atoms with Crippen LogP contribution in [-0.4, -0.2) is 9.55 Å². The maximum Gasteiger partial charge on any atom is 0.131 e. The van der Waals surface area contributed by atoms with Crippen LogP contribution in [0, 0.1) is 5.82 Å². The third kappa shape index (κ3) is 3.17. The van der Waals surface area contributed by atoms with Gasteiger partial charge in [-0.05, 0) is 26.8 Å². The van der Waals surface area contributed by atoms with Crippen LogP contribution in [0.1, 0.15) is 44.1 Å². The average molecular weight is 277 g/mol. The fourth-order valence-corrected chi connectivity index (χ4v) is 2.03. The number of aromatic nitrogens is 2. The lowest BCUT2D eigenvalue weighted by molar-refractivity contribution is 0.290. The predicted molar refractivity (Wildman–Crippen MR) is 75.9 cm³/mol. The molecule has 2 rings (SSSR count). The van der Waals surface area contributed by atoms with E-state index in [2.05, 4.69) is 18.8 Å². The monoisotopic (exact) mass is 277 g/mol. The number of hydrogen-bond acceptors (Lipinski definition) is 3. The first kappa shape index (κ1) is 14.5. The minimum atomic E-state index is -0.338. The highest BCUT2D eigenvalue weighted by atomic mass is 19.1. The molecule has 0 radical (unpaired) electrons. The van der Waals surface area contributed by atoms with E-state index in [9.17, 15) is 4.39 Å². The van der Waals surface area contributed by atoms with Crippen LogP contribution in [0.2, 0.25) is 0 Å². The summed E-state index contributed by atoms with van der Waals surface area (Å²) in [6.45, 7) is 6.25. The summed E-state index contributed by atoms with van der Waals surface area (Å²) in [6.07, 6.45) is 3.52. The molecule has 2 aromatic rings. The predicted octanol–water partition coefficient (Wildman–Crippen LogP) is 3.20. The fraction of sp³-hybridized carbons (Fsp3) is 0.400. The number of nitrogens with two attached hydrogens (primary N) is 1. The Kier molecular flexibility index (Phi) is 4.39. The maximum atomic E-state index is 13.8. The molecule has 0 aliphatic rings. The van der Waals surface area contributed by atoms with Gasteiger partial charge in [-0.25, -0.2) is 9.37 Å². The van der Waals surface area contributed by atoms with Gasteiger partial charge in [0.1, 0.15) is 18.2 Å². The summed E-state index contributed by atoms with van der Waals surface area (Å²) in [4.78, 5) is 4.10. The van der Waals surface area contributed by atoms with Crippen molar-refractivity contribution in [2.45, 2.75) is 39.5 Å². The standard InChI is InChI=1S/C15H20FN3O/c1-10(2)19-9-18-7-12(19)8-20-13-4-5-14(11(3)17)15(16)6-13/h4-7,9-11H,8,17H2,1-3H3/t11-/m0/s1. The number of ether oxygens (including phenoxy) is 1. The summed E-state index contributed by atoms with van der Waals surface area (Å²) in [6, 6.07) is 4.75. The van der Waals surface area contributed by atoms with Gasteiger partial charge in [-0.15, -0.1) is 0 Å². The van der Waals surface area contributed by atoms with E-state index in [4.69, 9.17) is 10.5 Å². The van der Waals surface area contributed by atoms with Gasteiger partial charge in [0.15, 0.2) is 0 Å². The Morgan fingerprint density at radius 2 is 2.10 bits per heavy atom. The second-order valence-corrected chi connectivity index (χ2v) is 5.15. The molecule has 0 saturated carbocycles. The molecule has 0 spiro atoms. The first-order valence-corrected chi connectivity index (χ1v) is 6.67. The summed E-state index contributed by atoms with van der Waals surface area (Å²) < 4.78 is 21.4. The lowest BCUT2D eigenvalue weighted by Crippen LogP contribution is -2.09. The Bertz CT molecular complexity index is 578. The zero-order valence-corrected chi connectivity index (χ0v) is 12.0. The maximum absolute atomic E-state index is 13.8. The topological polar surface area (TPSA) is 53.1 Å². The normalized spacial score (nSPS) is 12.7. The number of halogens is 1. The lowest BCUT2D eigenvalue weighted by Gasteiger charge is -2.13. The Balaban J connectivity index is 2.08. The van der Waals surface area contributed by atoms with Crippen LogP contribution in [-0.2, 0) is 6.61 Å². The smallest absolute Gasteiger partial charge is 0.131 e. The van der Waals surface area contributed by atoms with Crippen molar-refractivity contribution in [2.75, 3.05) is 0 Å². The molecular formula is C15H20FN3O. The van der Waals surface area contributed by atoms with E-state index >= 15 is 0 Å². The molecule has 0 bridgehead atoms. The van der Waals surface area contributed by atoms with Crippen molar-refractivity contribution in [3.05, 3.63) is 47.8 Å². The van der Waals surface area contributed by atoms with Crippen molar-refractivity contribution >= 4 is 0 Å². The van der Waals surface area contributed by atoms with Crippen LogP contribution < -0.4 is 10.5 Å². The molecule has 0 aliphatic heterocycles. The van der Waals surface area contributed by atoms with Gasteiger partial charge in [0.05, 0.1) is 18.2 Å². The van der Waals surface area contributed by atoms with E-state index in [1.807, 2.05) is 4.57 Å². The van der Waals surface area contributed by atoms with Gasteiger partial charge >= 0.3 is 0 Å². The third-order valence-corrected chi connectivity index (χ3v) is 3.15. The van der Waals surface area contributed by atoms with Crippen molar-refractivity contribution in [3.8, 4) is 5.75 Å². The molecule has 20 heavy (non-hydrogen) atoms. The number of benzene rings is 1. The lowest BCUT2D eigenvalue weighted by atomic mass is 10.1. The number of imidazole rings is 1. The van der Waals surface area contributed by atoms with E-state index < -0.39 is 0 Å². The molecule has 0 saturated heterocycles. The third-order valence-electron chi connectivity index (χ3n) is 3.15. The molecule has 0 unspecified atom stereocenters. The van der Waals surface area contributed by atoms with Crippen LogP contribution in [0.4, 0.5) is 4.39 Å². The first-order chi connectivity index (χ1) is 9.49. The molecule has 1 heterocycles. The molecule has 1 aromatic heterocycles. The van der Waals surface area contributed by atoms with Gasteiger partial charge < -0.3 is 15.0 Å². The largest absolute Gasteiger partial charge is 0.487 e. The number of hydrogen-bond donors (Lipinski definition) is 1. The molecule has 0 fully saturated rings. The summed E-state index contributed by atoms with van der Waals surface area (Å²) in [5.41, 5.74) is 7.12. The molecule has 108 valence electrons. The molecule has 2 N–H and O–H groups in total. The van der Waals surface area contributed by atoms with Crippen LogP contribution in [0.15, 0.2) is 30.7 Å². The number of nitrogens with zero attached hydrogens (tertiary/aromatic N) is 2. The minimum absolute atomic E-state index is 0.313. The quantitative estimate of drug-likeness (QED) is 0.913. The van der Waals surface area contributed by atoms with Crippen molar-refractivity contribution in [1.82, 2.24) is 9.55 Å². The van der Waals surface area contributed by atoms with Gasteiger partial charge in [-0.2, -0.15) is 0 Å². The second-order valence-electron chi connectivity index (χ2n) is 5.15. The average Bonchev–Trinajstić information content (AvgIpc) is 2.84. The van der Waals surface area contributed by atoms with Crippen molar-refractivity contribution in [3.63, 3.8) is 0 Å². The van der Waals surface area contributed by atoms with Gasteiger partial charge in [0.2, 0.25) is 0 Å². The van der Waals surface area contributed by atoms with Crippen LogP contribution >= 0.6 is 0 Å². The SMILES string of the molecule is CC(C)n1cncc1COc1ccc([C@H](C)N)c(F)c1. The Hall–Kier alpha value is -1.88. The summed E-state index contributed by atoms with van der Waals surface area (Å²) >= 11 is 0. The van der Waals surface area contributed by atoms with E-state index in [0.717, 1.165) is 5.69 Å².